The number of H-pyrrole nitrogens is 1. The second-order valence-corrected chi connectivity index (χ2v) is 7.17. The summed E-state index contributed by atoms with van der Waals surface area (Å²) in [6.07, 6.45) is 0. The van der Waals surface area contributed by atoms with Crippen LogP contribution in [0.25, 0.3) is 10.9 Å². The minimum atomic E-state index is -0.109. The van der Waals surface area contributed by atoms with Gasteiger partial charge in [-0.05, 0) is 23.7 Å². The van der Waals surface area contributed by atoms with Gasteiger partial charge in [-0.2, -0.15) is 9.64 Å². The summed E-state index contributed by atoms with van der Waals surface area (Å²) in [6.45, 7) is 3.73. The standard InChI is InChI=1S/C17H15ClN6OS/c18-15-12(9-19)17(26-22-15)24-7-5-23(6-8-24)10-14-20-13-4-2-1-3-11(13)16(25)21-14/h1-4H,5-8,10H2,(H,20,21,25). The lowest BCUT2D eigenvalue weighted by molar-refractivity contribution is 0.244. The molecule has 132 valence electrons. The van der Waals surface area contributed by atoms with Crippen LogP contribution in [0, 0.1) is 11.3 Å². The molecule has 0 unspecified atom stereocenters. The first kappa shape index (κ1) is 17.0. The Morgan fingerprint density at radius 3 is 2.81 bits per heavy atom. The highest BCUT2D eigenvalue weighted by Crippen LogP contribution is 2.31. The van der Waals surface area contributed by atoms with Crippen LogP contribution >= 0.6 is 23.1 Å². The van der Waals surface area contributed by atoms with Gasteiger partial charge in [-0.3, -0.25) is 9.69 Å². The van der Waals surface area contributed by atoms with Crippen LogP contribution in [0.4, 0.5) is 5.00 Å². The number of hydrogen-bond donors (Lipinski definition) is 1. The van der Waals surface area contributed by atoms with Crippen molar-refractivity contribution in [1.82, 2.24) is 19.2 Å². The Morgan fingerprint density at radius 1 is 1.27 bits per heavy atom. The average Bonchev–Trinajstić information content (AvgIpc) is 3.03. The van der Waals surface area contributed by atoms with Gasteiger partial charge in [0, 0.05) is 26.2 Å². The average molecular weight is 387 g/mol. The number of fused-ring (bicyclic) bond motifs is 1. The molecule has 0 radical (unpaired) electrons. The molecule has 1 aromatic carbocycles. The quantitative estimate of drug-likeness (QED) is 0.742. The van der Waals surface area contributed by atoms with E-state index in [1.165, 1.54) is 11.5 Å². The van der Waals surface area contributed by atoms with E-state index in [0.717, 1.165) is 31.2 Å². The number of piperazine rings is 1. The van der Waals surface area contributed by atoms with E-state index in [0.29, 0.717) is 28.8 Å². The van der Waals surface area contributed by atoms with Crippen molar-refractivity contribution in [3.8, 4) is 6.07 Å². The Hall–Kier alpha value is -2.47. The first-order valence-electron chi connectivity index (χ1n) is 8.16. The van der Waals surface area contributed by atoms with Crippen LogP contribution in [0.3, 0.4) is 0 Å². The second kappa shape index (κ2) is 7.03. The SMILES string of the molecule is N#Cc1c(Cl)nsc1N1CCN(Cc2nc3ccccc3c(=O)[nH]2)CC1. The van der Waals surface area contributed by atoms with E-state index >= 15 is 0 Å². The van der Waals surface area contributed by atoms with E-state index < -0.39 is 0 Å². The third-order valence-corrected chi connectivity index (χ3v) is 5.72. The minimum Gasteiger partial charge on any atom is -0.358 e. The molecule has 1 aliphatic heterocycles. The first-order valence-corrected chi connectivity index (χ1v) is 9.31. The Labute approximate surface area is 158 Å². The molecule has 2 aromatic heterocycles. The number of aromatic amines is 1. The normalized spacial score (nSPS) is 15.3. The lowest BCUT2D eigenvalue weighted by Gasteiger charge is -2.34. The van der Waals surface area contributed by atoms with Crippen molar-refractivity contribution >= 4 is 39.0 Å². The third kappa shape index (κ3) is 3.17. The molecule has 3 heterocycles. The number of halogens is 1. The zero-order valence-corrected chi connectivity index (χ0v) is 15.3. The van der Waals surface area contributed by atoms with Gasteiger partial charge in [0.25, 0.3) is 5.56 Å². The van der Waals surface area contributed by atoms with Crippen LogP contribution in [0.1, 0.15) is 11.4 Å². The number of benzene rings is 1. The van der Waals surface area contributed by atoms with Crippen molar-refractivity contribution in [2.45, 2.75) is 6.54 Å². The molecule has 1 fully saturated rings. The van der Waals surface area contributed by atoms with Gasteiger partial charge in [-0.1, -0.05) is 23.7 Å². The summed E-state index contributed by atoms with van der Waals surface area (Å²) in [6, 6.07) is 9.46. The van der Waals surface area contributed by atoms with E-state index in [1.807, 2.05) is 18.2 Å². The van der Waals surface area contributed by atoms with Crippen LogP contribution in [-0.4, -0.2) is 45.4 Å². The van der Waals surface area contributed by atoms with Crippen molar-refractivity contribution < 1.29 is 0 Å². The molecule has 4 rings (SSSR count). The summed E-state index contributed by atoms with van der Waals surface area (Å²) in [4.78, 5) is 24.0. The van der Waals surface area contributed by atoms with Crippen molar-refractivity contribution in [3.63, 3.8) is 0 Å². The molecular weight excluding hydrogens is 372 g/mol. The Balaban J connectivity index is 1.46. The van der Waals surface area contributed by atoms with Crippen LogP contribution < -0.4 is 10.5 Å². The van der Waals surface area contributed by atoms with Gasteiger partial charge in [0.1, 0.15) is 22.5 Å². The maximum atomic E-state index is 12.2. The van der Waals surface area contributed by atoms with E-state index in [9.17, 15) is 10.1 Å². The first-order chi connectivity index (χ1) is 12.7. The molecule has 9 heteroatoms. The van der Waals surface area contributed by atoms with Crippen LogP contribution in [-0.2, 0) is 6.54 Å². The van der Waals surface area contributed by atoms with Crippen LogP contribution in [0.2, 0.25) is 5.15 Å². The maximum absolute atomic E-state index is 12.2. The van der Waals surface area contributed by atoms with Crippen molar-refractivity contribution in [1.29, 1.82) is 5.26 Å². The van der Waals surface area contributed by atoms with E-state index in [-0.39, 0.29) is 10.7 Å². The predicted octanol–water partition coefficient (Wildman–Crippen LogP) is 2.23. The summed E-state index contributed by atoms with van der Waals surface area (Å²) < 4.78 is 4.07. The molecule has 0 aliphatic carbocycles. The number of para-hydroxylation sites is 1. The number of nitriles is 1. The highest BCUT2D eigenvalue weighted by atomic mass is 35.5. The smallest absolute Gasteiger partial charge is 0.258 e. The molecular formula is C17H15ClN6OS. The minimum absolute atomic E-state index is 0.109. The molecule has 1 N–H and O–H groups in total. The monoisotopic (exact) mass is 386 g/mol. The molecule has 1 aliphatic rings. The van der Waals surface area contributed by atoms with Crippen molar-refractivity contribution in [3.05, 3.63) is 51.2 Å². The molecule has 0 amide bonds. The lowest BCUT2D eigenvalue weighted by atomic mass is 10.2. The molecule has 0 saturated carbocycles. The molecule has 1 saturated heterocycles. The Bertz CT molecular complexity index is 1050. The summed E-state index contributed by atoms with van der Waals surface area (Å²) in [5.74, 6) is 0.667. The Kier molecular flexibility index (Phi) is 4.59. The second-order valence-electron chi connectivity index (χ2n) is 6.06. The number of aromatic nitrogens is 3. The van der Waals surface area contributed by atoms with Gasteiger partial charge < -0.3 is 9.88 Å². The number of hydrogen-bond acceptors (Lipinski definition) is 7. The highest BCUT2D eigenvalue weighted by molar-refractivity contribution is 7.10. The fourth-order valence-corrected chi connectivity index (χ4v) is 4.18. The zero-order chi connectivity index (χ0) is 18.1. The summed E-state index contributed by atoms with van der Waals surface area (Å²) in [5.41, 5.74) is 1.05. The van der Waals surface area contributed by atoms with Gasteiger partial charge in [-0.25, -0.2) is 4.98 Å². The summed E-state index contributed by atoms with van der Waals surface area (Å²) in [5, 5.41) is 10.9. The number of anilines is 1. The Morgan fingerprint density at radius 2 is 2.04 bits per heavy atom. The maximum Gasteiger partial charge on any atom is 0.258 e. The van der Waals surface area contributed by atoms with E-state index in [4.69, 9.17) is 11.6 Å². The summed E-state index contributed by atoms with van der Waals surface area (Å²) in [7, 11) is 0. The van der Waals surface area contributed by atoms with Gasteiger partial charge in [0.05, 0.1) is 17.4 Å². The van der Waals surface area contributed by atoms with Gasteiger partial charge in [0.2, 0.25) is 0 Å². The zero-order valence-electron chi connectivity index (χ0n) is 13.8. The number of nitrogens with one attached hydrogen (secondary N) is 1. The summed E-state index contributed by atoms with van der Waals surface area (Å²) >= 11 is 7.22. The van der Waals surface area contributed by atoms with Crippen molar-refractivity contribution in [2.75, 3.05) is 31.1 Å². The number of rotatable bonds is 3. The molecule has 0 atom stereocenters. The predicted molar refractivity (Wildman–Crippen MR) is 102 cm³/mol. The van der Waals surface area contributed by atoms with Gasteiger partial charge in [-0.15, -0.1) is 0 Å². The molecule has 7 nitrogen and oxygen atoms in total. The number of nitrogens with zero attached hydrogens (tertiary/aromatic N) is 5. The van der Waals surface area contributed by atoms with E-state index in [1.54, 1.807) is 6.07 Å². The molecule has 3 aromatic rings. The topological polar surface area (TPSA) is 88.9 Å². The van der Waals surface area contributed by atoms with E-state index in [2.05, 4.69) is 30.2 Å². The van der Waals surface area contributed by atoms with Crippen LogP contribution in [0.15, 0.2) is 29.1 Å². The third-order valence-electron chi connectivity index (χ3n) is 4.44. The fraction of sp³-hybridized carbons (Fsp3) is 0.294. The van der Waals surface area contributed by atoms with Gasteiger partial charge in [0.15, 0.2) is 5.15 Å². The van der Waals surface area contributed by atoms with Gasteiger partial charge >= 0.3 is 0 Å². The molecule has 0 spiro atoms. The fourth-order valence-electron chi connectivity index (χ4n) is 3.10. The largest absolute Gasteiger partial charge is 0.358 e. The highest BCUT2D eigenvalue weighted by Gasteiger charge is 2.23. The molecule has 0 bridgehead atoms. The van der Waals surface area contributed by atoms with Crippen LogP contribution in [0.5, 0.6) is 0 Å². The lowest BCUT2D eigenvalue weighted by Crippen LogP contribution is -2.46. The van der Waals surface area contributed by atoms with Crippen molar-refractivity contribution in [2.24, 2.45) is 0 Å². The molecule has 26 heavy (non-hydrogen) atoms.